The number of carbonyl (C=O) groups excluding carboxylic acids is 1. The van der Waals surface area contributed by atoms with Crippen LogP contribution in [0.3, 0.4) is 0 Å². The summed E-state index contributed by atoms with van der Waals surface area (Å²) in [5.74, 6) is 2.36. The van der Waals surface area contributed by atoms with E-state index in [-0.39, 0.29) is 18.3 Å². The number of nitrogens with one attached hydrogen (secondary N) is 1. The summed E-state index contributed by atoms with van der Waals surface area (Å²) in [6.45, 7) is 2.22. The molecule has 0 radical (unpaired) electrons. The highest BCUT2D eigenvalue weighted by molar-refractivity contribution is 7.99. The molecule has 4 rings (SSSR count). The minimum Gasteiger partial charge on any atom is -0.497 e. The highest BCUT2D eigenvalue weighted by Crippen LogP contribution is 2.30. The van der Waals surface area contributed by atoms with Crippen LogP contribution in [0.1, 0.15) is 11.4 Å². The van der Waals surface area contributed by atoms with Gasteiger partial charge in [-0.1, -0.05) is 41.1 Å². The van der Waals surface area contributed by atoms with Gasteiger partial charge in [0.15, 0.2) is 11.0 Å². The number of aromatic nitrogens is 3. The van der Waals surface area contributed by atoms with Crippen molar-refractivity contribution in [3.05, 3.63) is 83.1 Å². The van der Waals surface area contributed by atoms with Gasteiger partial charge in [-0.3, -0.25) is 9.36 Å². The van der Waals surface area contributed by atoms with Crippen LogP contribution >= 0.6 is 23.4 Å². The van der Waals surface area contributed by atoms with E-state index in [1.54, 1.807) is 37.4 Å². The molecule has 1 aromatic heterocycles. The molecule has 0 aliphatic carbocycles. The van der Waals surface area contributed by atoms with Crippen molar-refractivity contribution in [1.29, 1.82) is 0 Å². The quantitative estimate of drug-likeness (QED) is 0.272. The van der Waals surface area contributed by atoms with Gasteiger partial charge >= 0.3 is 0 Å². The first-order valence-corrected chi connectivity index (χ1v) is 12.4. The van der Waals surface area contributed by atoms with Gasteiger partial charge in [0.1, 0.15) is 23.9 Å². The zero-order valence-corrected chi connectivity index (χ0v) is 21.6. The van der Waals surface area contributed by atoms with Crippen molar-refractivity contribution in [2.45, 2.75) is 18.7 Å². The van der Waals surface area contributed by atoms with E-state index in [1.807, 2.05) is 47.9 Å². The third-order valence-corrected chi connectivity index (χ3v) is 6.37. The molecule has 0 aliphatic heterocycles. The zero-order valence-electron chi connectivity index (χ0n) is 20.0. The summed E-state index contributed by atoms with van der Waals surface area (Å²) in [4.78, 5) is 12.7. The van der Waals surface area contributed by atoms with E-state index >= 15 is 0 Å². The molecule has 3 aromatic carbocycles. The smallest absolute Gasteiger partial charge is 0.234 e. The summed E-state index contributed by atoms with van der Waals surface area (Å²) in [5, 5.41) is 12.7. The molecular formula is C26H25ClN4O4S. The molecule has 0 aliphatic rings. The van der Waals surface area contributed by atoms with Crippen LogP contribution in [0.15, 0.2) is 71.9 Å². The molecule has 186 valence electrons. The molecule has 0 bridgehead atoms. The highest BCUT2D eigenvalue weighted by atomic mass is 35.5. The summed E-state index contributed by atoms with van der Waals surface area (Å²) in [6.07, 6.45) is 0. The van der Waals surface area contributed by atoms with Crippen molar-refractivity contribution in [2.75, 3.05) is 25.3 Å². The van der Waals surface area contributed by atoms with Gasteiger partial charge < -0.3 is 19.5 Å². The maximum atomic E-state index is 12.7. The summed E-state index contributed by atoms with van der Waals surface area (Å²) in [6, 6.07) is 20.3. The van der Waals surface area contributed by atoms with Gasteiger partial charge in [0.05, 0.1) is 25.7 Å². The van der Waals surface area contributed by atoms with Gasteiger partial charge in [0, 0.05) is 16.8 Å². The van der Waals surface area contributed by atoms with Crippen molar-refractivity contribution in [3.63, 3.8) is 0 Å². The number of nitrogens with zero attached hydrogens (tertiary/aromatic N) is 3. The highest BCUT2D eigenvalue weighted by Gasteiger charge is 2.17. The lowest BCUT2D eigenvalue weighted by atomic mass is 10.2. The Hall–Kier alpha value is -3.69. The topological polar surface area (TPSA) is 87.5 Å². The number of thioether (sulfide) groups is 1. The Bertz CT molecular complexity index is 1330. The van der Waals surface area contributed by atoms with Gasteiger partial charge in [-0.2, -0.15) is 0 Å². The molecule has 0 saturated heterocycles. The van der Waals surface area contributed by atoms with Gasteiger partial charge in [0.2, 0.25) is 5.91 Å². The lowest BCUT2D eigenvalue weighted by Gasteiger charge is -2.13. The Kier molecular flexibility index (Phi) is 8.35. The van der Waals surface area contributed by atoms with Crippen LogP contribution in [0.4, 0.5) is 5.69 Å². The minimum absolute atomic E-state index is 0.111. The fourth-order valence-corrected chi connectivity index (χ4v) is 4.23. The number of hydrogen-bond donors (Lipinski definition) is 1. The molecule has 36 heavy (non-hydrogen) atoms. The SMILES string of the molecule is COc1ccc(NC(=O)CSc2nnc(COc3ccc(C)cc3)n2-c2ccc(Cl)cc2)c(OC)c1. The number of amides is 1. The Morgan fingerprint density at radius 1 is 0.972 bits per heavy atom. The van der Waals surface area contributed by atoms with E-state index in [0.29, 0.717) is 33.2 Å². The van der Waals surface area contributed by atoms with Crippen molar-refractivity contribution in [1.82, 2.24) is 14.8 Å². The average Bonchev–Trinajstić information content (AvgIpc) is 3.30. The summed E-state index contributed by atoms with van der Waals surface area (Å²) in [7, 11) is 3.11. The van der Waals surface area contributed by atoms with E-state index in [2.05, 4.69) is 15.5 Å². The number of rotatable bonds is 10. The number of ether oxygens (including phenoxy) is 3. The number of carbonyl (C=O) groups is 1. The van der Waals surface area contributed by atoms with E-state index in [4.69, 9.17) is 25.8 Å². The first-order valence-electron chi connectivity index (χ1n) is 11.0. The maximum Gasteiger partial charge on any atom is 0.234 e. The number of methoxy groups -OCH3 is 2. The molecule has 8 nitrogen and oxygen atoms in total. The molecule has 0 saturated carbocycles. The first-order chi connectivity index (χ1) is 17.5. The Labute approximate surface area is 218 Å². The van der Waals surface area contributed by atoms with Gasteiger partial charge in [-0.25, -0.2) is 0 Å². The summed E-state index contributed by atoms with van der Waals surface area (Å²) in [5.41, 5.74) is 2.51. The lowest BCUT2D eigenvalue weighted by molar-refractivity contribution is -0.113. The van der Waals surface area contributed by atoms with Gasteiger partial charge in [-0.05, 0) is 55.5 Å². The average molecular weight is 525 g/mol. The van der Waals surface area contributed by atoms with Crippen LogP contribution in [0.25, 0.3) is 5.69 Å². The van der Waals surface area contributed by atoms with Crippen LogP contribution in [0, 0.1) is 6.92 Å². The van der Waals surface area contributed by atoms with Crippen molar-refractivity contribution in [2.24, 2.45) is 0 Å². The Balaban J connectivity index is 1.50. The molecule has 0 atom stereocenters. The van der Waals surface area contributed by atoms with E-state index in [9.17, 15) is 4.79 Å². The normalized spacial score (nSPS) is 10.7. The largest absolute Gasteiger partial charge is 0.497 e. The Morgan fingerprint density at radius 3 is 2.39 bits per heavy atom. The number of hydrogen-bond acceptors (Lipinski definition) is 7. The first kappa shape index (κ1) is 25.4. The standard InChI is InChI=1S/C26H25ClN4O4S/c1-17-4-10-20(11-5-17)35-15-24-29-30-26(31(24)19-8-6-18(27)7-9-19)36-16-25(32)28-22-13-12-21(33-2)14-23(22)34-3/h4-14H,15-16H2,1-3H3,(H,28,32). The molecule has 10 heteroatoms. The minimum atomic E-state index is -0.216. The molecular weight excluding hydrogens is 500 g/mol. The molecule has 0 spiro atoms. The van der Waals surface area contributed by atoms with Crippen LogP contribution in [0.2, 0.25) is 5.02 Å². The van der Waals surface area contributed by atoms with Crippen LogP contribution in [0.5, 0.6) is 17.2 Å². The monoisotopic (exact) mass is 524 g/mol. The fourth-order valence-electron chi connectivity index (χ4n) is 3.34. The van der Waals surface area contributed by atoms with Crippen LogP contribution < -0.4 is 19.5 Å². The fraction of sp³-hybridized carbons (Fsp3) is 0.192. The van der Waals surface area contributed by atoms with Gasteiger partial charge in [-0.15, -0.1) is 10.2 Å². The van der Waals surface area contributed by atoms with Crippen LogP contribution in [-0.4, -0.2) is 40.6 Å². The van der Waals surface area contributed by atoms with E-state index < -0.39 is 0 Å². The molecule has 1 heterocycles. The molecule has 1 amide bonds. The second-order valence-electron chi connectivity index (χ2n) is 7.72. The van der Waals surface area contributed by atoms with E-state index in [0.717, 1.165) is 17.0 Å². The maximum absolute atomic E-state index is 12.7. The third-order valence-electron chi connectivity index (χ3n) is 5.19. The third kappa shape index (κ3) is 6.30. The second kappa shape index (κ2) is 11.8. The molecule has 0 fully saturated rings. The molecule has 0 unspecified atom stereocenters. The van der Waals surface area contributed by atoms with Crippen LogP contribution in [-0.2, 0) is 11.4 Å². The predicted molar refractivity (Wildman–Crippen MR) is 141 cm³/mol. The zero-order chi connectivity index (χ0) is 25.5. The van der Waals surface area contributed by atoms with Crippen molar-refractivity contribution in [3.8, 4) is 22.9 Å². The lowest BCUT2D eigenvalue weighted by Crippen LogP contribution is -2.15. The number of anilines is 1. The number of halogens is 1. The number of benzene rings is 3. The second-order valence-corrected chi connectivity index (χ2v) is 9.09. The Morgan fingerprint density at radius 2 is 1.69 bits per heavy atom. The summed E-state index contributed by atoms with van der Waals surface area (Å²) >= 11 is 7.35. The van der Waals surface area contributed by atoms with Gasteiger partial charge in [0.25, 0.3) is 0 Å². The molecule has 1 N–H and O–H groups in total. The summed E-state index contributed by atoms with van der Waals surface area (Å²) < 4.78 is 18.4. The van der Waals surface area contributed by atoms with Crippen molar-refractivity contribution < 1.29 is 19.0 Å². The molecule has 4 aromatic rings. The predicted octanol–water partition coefficient (Wildman–Crippen LogP) is 5.56. The van der Waals surface area contributed by atoms with Crippen molar-refractivity contribution >= 4 is 35.0 Å². The van der Waals surface area contributed by atoms with E-state index in [1.165, 1.54) is 18.9 Å². The number of aryl methyl sites for hydroxylation is 1.